The minimum Gasteiger partial charge on any atom is -0.350 e. The van der Waals surface area contributed by atoms with Crippen molar-refractivity contribution in [3.63, 3.8) is 0 Å². The highest BCUT2D eigenvalue weighted by Crippen LogP contribution is 2.24. The summed E-state index contributed by atoms with van der Waals surface area (Å²) in [4.78, 5) is 31.6. The first-order valence-electron chi connectivity index (χ1n) is 4.21. The lowest BCUT2D eigenvalue weighted by Gasteiger charge is -2.04. The van der Waals surface area contributed by atoms with Gasteiger partial charge in [-0.3, -0.25) is 20.3 Å². The minimum atomic E-state index is -0.957. The predicted molar refractivity (Wildman–Crippen MR) is 58.3 cm³/mol. The van der Waals surface area contributed by atoms with Crippen LogP contribution >= 0.6 is 11.6 Å². The first-order chi connectivity index (χ1) is 7.91. The molecule has 0 heterocycles. The van der Waals surface area contributed by atoms with Gasteiger partial charge >= 0.3 is 6.03 Å². The van der Waals surface area contributed by atoms with Crippen molar-refractivity contribution < 1.29 is 14.5 Å². The zero-order valence-electron chi connectivity index (χ0n) is 8.27. The Kier molecular flexibility index (Phi) is 3.83. The number of amides is 3. The van der Waals surface area contributed by atoms with Crippen molar-refractivity contribution in [2.24, 2.45) is 5.73 Å². The molecule has 17 heavy (non-hydrogen) atoms. The van der Waals surface area contributed by atoms with Gasteiger partial charge in [-0.05, 0) is 12.1 Å². The lowest BCUT2D eigenvalue weighted by molar-refractivity contribution is -0.384. The summed E-state index contributed by atoms with van der Waals surface area (Å²) in [7, 11) is 0. The van der Waals surface area contributed by atoms with Crippen molar-refractivity contribution in [2.75, 3.05) is 0 Å². The lowest BCUT2D eigenvalue weighted by Crippen LogP contribution is -2.44. The molecule has 0 unspecified atom stereocenters. The van der Waals surface area contributed by atoms with E-state index in [-0.39, 0.29) is 10.6 Å². The number of nitrogens with two attached hydrogens (primary N) is 1. The number of hydrogen-bond donors (Lipinski definition) is 3. The number of nitro benzene ring substituents is 1. The van der Waals surface area contributed by atoms with E-state index in [9.17, 15) is 19.7 Å². The van der Waals surface area contributed by atoms with Gasteiger partial charge in [-0.2, -0.15) is 0 Å². The highest BCUT2D eigenvalue weighted by molar-refractivity contribution is 6.32. The number of nitro groups is 1. The number of hydrogen-bond acceptors (Lipinski definition) is 4. The molecule has 0 saturated carbocycles. The second-order valence-electron chi connectivity index (χ2n) is 2.87. The third-order valence-corrected chi connectivity index (χ3v) is 2.02. The van der Waals surface area contributed by atoms with Crippen molar-refractivity contribution >= 4 is 29.2 Å². The van der Waals surface area contributed by atoms with Gasteiger partial charge < -0.3 is 5.73 Å². The van der Waals surface area contributed by atoms with Crippen LogP contribution in [0.25, 0.3) is 0 Å². The Labute approximate surface area is 99.9 Å². The average molecular weight is 259 g/mol. The first kappa shape index (κ1) is 12.7. The highest BCUT2D eigenvalue weighted by Gasteiger charge is 2.16. The largest absolute Gasteiger partial charge is 0.350 e. The van der Waals surface area contributed by atoms with E-state index in [2.05, 4.69) is 0 Å². The van der Waals surface area contributed by atoms with E-state index in [1.807, 2.05) is 10.9 Å². The van der Waals surface area contributed by atoms with E-state index < -0.39 is 22.5 Å². The third-order valence-electron chi connectivity index (χ3n) is 1.70. The van der Waals surface area contributed by atoms with E-state index in [0.29, 0.717) is 0 Å². The Balaban J connectivity index is 2.92. The van der Waals surface area contributed by atoms with Crippen LogP contribution in [0.4, 0.5) is 10.5 Å². The first-order valence-corrected chi connectivity index (χ1v) is 4.59. The molecule has 3 amide bonds. The monoisotopic (exact) mass is 258 g/mol. The van der Waals surface area contributed by atoms with Crippen LogP contribution in [-0.4, -0.2) is 16.9 Å². The SMILES string of the molecule is NC(=O)NNC(=O)c1ccc(Cl)c([N+](=O)[O-])c1. The van der Waals surface area contributed by atoms with Crippen LogP contribution < -0.4 is 16.6 Å². The molecular weight excluding hydrogens is 252 g/mol. The van der Waals surface area contributed by atoms with Crippen LogP contribution in [0.3, 0.4) is 0 Å². The number of benzene rings is 1. The fourth-order valence-electron chi connectivity index (χ4n) is 0.984. The van der Waals surface area contributed by atoms with E-state index in [0.717, 1.165) is 6.07 Å². The number of primary amides is 1. The van der Waals surface area contributed by atoms with Crippen LogP contribution in [-0.2, 0) is 0 Å². The van der Waals surface area contributed by atoms with E-state index in [4.69, 9.17) is 17.3 Å². The van der Waals surface area contributed by atoms with Gasteiger partial charge in [0.05, 0.1) is 4.92 Å². The Morgan fingerprint density at radius 3 is 2.53 bits per heavy atom. The number of carbonyl (C=O) groups is 2. The van der Waals surface area contributed by atoms with Gasteiger partial charge in [-0.15, -0.1) is 0 Å². The van der Waals surface area contributed by atoms with E-state index in [1.54, 1.807) is 0 Å². The molecule has 0 fully saturated rings. The Morgan fingerprint density at radius 1 is 1.35 bits per heavy atom. The number of hydrazine groups is 1. The summed E-state index contributed by atoms with van der Waals surface area (Å²) >= 11 is 5.56. The molecule has 0 radical (unpaired) electrons. The molecule has 0 aliphatic heterocycles. The van der Waals surface area contributed by atoms with Gasteiger partial charge in [0.15, 0.2) is 0 Å². The third kappa shape index (κ3) is 3.31. The molecule has 0 aliphatic rings. The zero-order valence-corrected chi connectivity index (χ0v) is 9.02. The van der Waals surface area contributed by atoms with Crippen LogP contribution in [0.1, 0.15) is 10.4 Å². The molecular formula is C8H7ClN4O4. The maximum absolute atomic E-state index is 11.4. The van der Waals surface area contributed by atoms with Gasteiger partial charge in [-0.25, -0.2) is 10.2 Å². The quantitative estimate of drug-likeness (QED) is 0.529. The molecule has 90 valence electrons. The topological polar surface area (TPSA) is 127 Å². The lowest BCUT2D eigenvalue weighted by atomic mass is 10.2. The summed E-state index contributed by atoms with van der Waals surface area (Å²) in [5.74, 6) is -0.747. The Morgan fingerprint density at radius 2 is 2.00 bits per heavy atom. The maximum atomic E-state index is 11.4. The molecule has 0 saturated heterocycles. The predicted octanol–water partition coefficient (Wildman–Crippen LogP) is 0.561. The standard InChI is InChI=1S/C8H7ClN4O4/c9-5-2-1-4(3-6(5)13(16)17)7(14)11-12-8(10)15/h1-3H,(H,11,14)(H3,10,12,15). The van der Waals surface area contributed by atoms with Crippen LogP contribution in [0.15, 0.2) is 18.2 Å². The number of carbonyl (C=O) groups excluding carboxylic acids is 2. The molecule has 1 aromatic rings. The Hall–Kier alpha value is -2.35. The summed E-state index contributed by atoms with van der Waals surface area (Å²) in [6.07, 6.45) is 0. The fourth-order valence-corrected chi connectivity index (χ4v) is 1.17. The van der Waals surface area contributed by atoms with Crippen LogP contribution in [0, 0.1) is 10.1 Å². The summed E-state index contributed by atoms with van der Waals surface area (Å²) in [5, 5.41) is 10.5. The number of nitrogens with one attached hydrogen (secondary N) is 2. The molecule has 0 atom stereocenters. The Bertz CT molecular complexity index is 490. The van der Waals surface area contributed by atoms with Gasteiger partial charge in [0.2, 0.25) is 0 Å². The highest BCUT2D eigenvalue weighted by atomic mass is 35.5. The number of urea groups is 1. The molecule has 0 aromatic heterocycles. The normalized spacial score (nSPS) is 9.47. The van der Waals surface area contributed by atoms with Gasteiger partial charge in [0.25, 0.3) is 11.6 Å². The fraction of sp³-hybridized carbons (Fsp3) is 0. The summed E-state index contributed by atoms with van der Waals surface area (Å²) in [6, 6.07) is 2.51. The van der Waals surface area contributed by atoms with E-state index >= 15 is 0 Å². The molecule has 0 aliphatic carbocycles. The van der Waals surface area contributed by atoms with Crippen molar-refractivity contribution in [3.8, 4) is 0 Å². The molecule has 1 aromatic carbocycles. The number of halogens is 1. The van der Waals surface area contributed by atoms with Crippen LogP contribution in [0.2, 0.25) is 5.02 Å². The summed E-state index contributed by atoms with van der Waals surface area (Å²) < 4.78 is 0. The second kappa shape index (κ2) is 5.12. The number of nitrogens with zero attached hydrogens (tertiary/aromatic N) is 1. The average Bonchev–Trinajstić information content (AvgIpc) is 2.26. The summed E-state index contributed by atoms with van der Waals surface area (Å²) in [5.41, 5.74) is 8.09. The molecule has 8 nitrogen and oxygen atoms in total. The van der Waals surface area contributed by atoms with Gasteiger partial charge in [-0.1, -0.05) is 11.6 Å². The van der Waals surface area contributed by atoms with Crippen molar-refractivity contribution in [3.05, 3.63) is 38.9 Å². The van der Waals surface area contributed by atoms with Crippen LogP contribution in [0.5, 0.6) is 0 Å². The molecule has 9 heteroatoms. The molecule has 4 N–H and O–H groups in total. The van der Waals surface area contributed by atoms with Crippen molar-refractivity contribution in [2.45, 2.75) is 0 Å². The second-order valence-corrected chi connectivity index (χ2v) is 3.27. The zero-order chi connectivity index (χ0) is 13.0. The molecule has 1 rings (SSSR count). The maximum Gasteiger partial charge on any atom is 0.330 e. The van der Waals surface area contributed by atoms with Crippen molar-refractivity contribution in [1.29, 1.82) is 0 Å². The van der Waals surface area contributed by atoms with Gasteiger partial charge in [0.1, 0.15) is 5.02 Å². The minimum absolute atomic E-state index is 0.0325. The van der Waals surface area contributed by atoms with E-state index in [1.165, 1.54) is 12.1 Å². The molecule has 0 spiro atoms. The molecule has 0 bridgehead atoms. The van der Waals surface area contributed by atoms with Gasteiger partial charge in [0, 0.05) is 11.6 Å². The van der Waals surface area contributed by atoms with Crippen molar-refractivity contribution in [1.82, 2.24) is 10.9 Å². The summed E-state index contributed by atoms with van der Waals surface area (Å²) in [6.45, 7) is 0. The smallest absolute Gasteiger partial charge is 0.330 e. The number of rotatable bonds is 2.